The van der Waals surface area contributed by atoms with E-state index in [4.69, 9.17) is 18.9 Å². The van der Waals surface area contributed by atoms with Crippen LogP contribution in [0.15, 0.2) is 91.0 Å². The lowest BCUT2D eigenvalue weighted by Crippen LogP contribution is -2.55. The van der Waals surface area contributed by atoms with Crippen molar-refractivity contribution in [2.24, 2.45) is 0 Å². The molecule has 8 nitrogen and oxygen atoms in total. The fourth-order valence-corrected chi connectivity index (χ4v) is 3.66. The van der Waals surface area contributed by atoms with Gasteiger partial charge in [0.05, 0.1) is 11.1 Å². The van der Waals surface area contributed by atoms with Crippen molar-refractivity contribution in [3.05, 3.63) is 108 Å². The van der Waals surface area contributed by atoms with Crippen molar-refractivity contribution < 1.29 is 38.7 Å². The van der Waals surface area contributed by atoms with E-state index >= 15 is 0 Å². The predicted octanol–water partition coefficient (Wildman–Crippen LogP) is 2.91. The fraction of sp³-hybridized carbons (Fsp3) is 0.259. The zero-order valence-electron chi connectivity index (χ0n) is 18.8. The zero-order valence-corrected chi connectivity index (χ0v) is 18.8. The summed E-state index contributed by atoms with van der Waals surface area (Å²) in [7, 11) is 0. The Kier molecular flexibility index (Phi) is 8.23. The van der Waals surface area contributed by atoms with Gasteiger partial charge >= 0.3 is 11.9 Å². The van der Waals surface area contributed by atoms with Crippen LogP contribution in [-0.4, -0.2) is 59.8 Å². The van der Waals surface area contributed by atoms with E-state index in [2.05, 4.69) is 0 Å². The molecule has 0 radical (unpaired) electrons. The molecule has 0 bridgehead atoms. The van der Waals surface area contributed by atoms with Crippen LogP contribution >= 0.6 is 0 Å². The number of aliphatic hydroxyl groups is 2. The lowest BCUT2D eigenvalue weighted by atomic mass is 10.0. The van der Waals surface area contributed by atoms with Crippen molar-refractivity contribution in [2.75, 3.05) is 13.2 Å². The van der Waals surface area contributed by atoms with Crippen LogP contribution in [0.25, 0.3) is 0 Å². The SMILES string of the molecule is O=C(OC[C@@H](O)[C@@H]1O[C@@H](c2ccccc2)O[C@H](COC(=O)c2ccccc2)[C@@H]1O)c1ccccc1. The number of hydrogen-bond donors (Lipinski definition) is 2. The van der Waals surface area contributed by atoms with Gasteiger partial charge in [-0.1, -0.05) is 66.7 Å². The van der Waals surface area contributed by atoms with E-state index < -0.39 is 49.3 Å². The van der Waals surface area contributed by atoms with Gasteiger partial charge in [0.15, 0.2) is 6.29 Å². The minimum absolute atomic E-state index is 0.269. The molecule has 0 aromatic heterocycles. The van der Waals surface area contributed by atoms with Crippen LogP contribution in [0.2, 0.25) is 0 Å². The molecule has 0 aliphatic carbocycles. The maximum Gasteiger partial charge on any atom is 0.338 e. The molecule has 3 aromatic rings. The molecule has 1 heterocycles. The second kappa shape index (κ2) is 11.7. The highest BCUT2D eigenvalue weighted by molar-refractivity contribution is 5.89. The Morgan fingerprint density at radius 1 is 0.771 bits per heavy atom. The molecule has 4 rings (SSSR count). The summed E-state index contributed by atoms with van der Waals surface area (Å²) in [4.78, 5) is 24.6. The van der Waals surface area contributed by atoms with Crippen molar-refractivity contribution in [1.29, 1.82) is 0 Å². The van der Waals surface area contributed by atoms with Crippen LogP contribution in [-0.2, 0) is 18.9 Å². The minimum atomic E-state index is -1.36. The average molecular weight is 478 g/mol. The summed E-state index contributed by atoms with van der Waals surface area (Å²) in [5.41, 5.74) is 1.34. The smallest absolute Gasteiger partial charge is 0.338 e. The second-order valence-electron chi connectivity index (χ2n) is 8.00. The molecule has 1 fully saturated rings. The molecule has 2 N–H and O–H groups in total. The third-order valence-corrected chi connectivity index (χ3v) is 5.53. The summed E-state index contributed by atoms with van der Waals surface area (Å²) in [6, 6.07) is 25.8. The molecule has 8 heteroatoms. The monoisotopic (exact) mass is 478 g/mol. The summed E-state index contributed by atoms with van der Waals surface area (Å²) in [5.74, 6) is -1.18. The van der Waals surface area contributed by atoms with Crippen molar-refractivity contribution >= 4 is 11.9 Å². The number of hydrogen-bond acceptors (Lipinski definition) is 8. The Labute approximate surface area is 202 Å². The maximum absolute atomic E-state index is 12.4. The molecular weight excluding hydrogens is 452 g/mol. The highest BCUT2D eigenvalue weighted by Crippen LogP contribution is 2.32. The lowest BCUT2D eigenvalue weighted by Gasteiger charge is -2.41. The molecule has 1 aliphatic heterocycles. The fourth-order valence-electron chi connectivity index (χ4n) is 3.66. The standard InChI is InChI=1S/C27H26O8/c28-21(16-32-25(30)18-10-4-1-5-11-18)24-23(29)22(17-33-26(31)19-12-6-2-7-13-19)34-27(35-24)20-14-8-3-9-15-20/h1-15,21-24,27-29H,16-17H2/t21-,22-,23+,24+,27+/m1/s1. The van der Waals surface area contributed by atoms with E-state index in [1.54, 1.807) is 84.9 Å². The van der Waals surface area contributed by atoms with Gasteiger partial charge in [0, 0.05) is 5.56 Å². The molecule has 182 valence electrons. The Hall–Kier alpha value is -3.56. The average Bonchev–Trinajstić information content (AvgIpc) is 2.92. The molecule has 0 unspecified atom stereocenters. The third-order valence-electron chi connectivity index (χ3n) is 5.53. The number of benzene rings is 3. The quantitative estimate of drug-likeness (QED) is 0.476. The number of esters is 2. The van der Waals surface area contributed by atoms with Gasteiger partial charge in [-0.25, -0.2) is 9.59 Å². The number of rotatable bonds is 8. The lowest BCUT2D eigenvalue weighted by molar-refractivity contribution is -0.310. The highest BCUT2D eigenvalue weighted by atomic mass is 16.7. The van der Waals surface area contributed by atoms with Gasteiger partial charge in [-0.2, -0.15) is 0 Å². The first-order chi connectivity index (χ1) is 17.0. The minimum Gasteiger partial charge on any atom is -0.459 e. The van der Waals surface area contributed by atoms with E-state index in [-0.39, 0.29) is 6.61 Å². The number of carbonyl (C=O) groups excluding carboxylic acids is 2. The molecule has 0 amide bonds. The molecule has 0 saturated carbocycles. The van der Waals surface area contributed by atoms with Crippen molar-refractivity contribution in [1.82, 2.24) is 0 Å². The summed E-state index contributed by atoms with van der Waals surface area (Å²) < 4.78 is 22.3. The van der Waals surface area contributed by atoms with Gasteiger partial charge in [0.2, 0.25) is 0 Å². The van der Waals surface area contributed by atoms with Crippen molar-refractivity contribution in [3.8, 4) is 0 Å². The first-order valence-electron chi connectivity index (χ1n) is 11.2. The maximum atomic E-state index is 12.4. The van der Waals surface area contributed by atoms with Gasteiger partial charge in [0.25, 0.3) is 0 Å². The largest absolute Gasteiger partial charge is 0.459 e. The summed E-state index contributed by atoms with van der Waals surface area (Å²) in [6.07, 6.45) is -5.82. The molecule has 1 saturated heterocycles. The van der Waals surface area contributed by atoms with Gasteiger partial charge in [-0.15, -0.1) is 0 Å². The summed E-state index contributed by atoms with van der Waals surface area (Å²) in [6.45, 7) is -0.678. The van der Waals surface area contributed by atoms with E-state index in [9.17, 15) is 19.8 Å². The molecule has 3 aromatic carbocycles. The van der Waals surface area contributed by atoms with Gasteiger partial charge in [-0.3, -0.25) is 0 Å². The molecular formula is C27H26O8. The van der Waals surface area contributed by atoms with Crippen LogP contribution in [0, 0.1) is 0 Å². The molecule has 35 heavy (non-hydrogen) atoms. The van der Waals surface area contributed by atoms with Crippen LogP contribution in [0.5, 0.6) is 0 Å². The highest BCUT2D eigenvalue weighted by Gasteiger charge is 2.43. The Morgan fingerprint density at radius 3 is 1.86 bits per heavy atom. The third kappa shape index (κ3) is 6.32. The number of carbonyl (C=O) groups is 2. The Balaban J connectivity index is 1.44. The Bertz CT molecular complexity index is 1090. The first kappa shape index (κ1) is 24.6. The predicted molar refractivity (Wildman–Crippen MR) is 124 cm³/mol. The summed E-state index contributed by atoms with van der Waals surface area (Å²) in [5, 5.41) is 21.6. The van der Waals surface area contributed by atoms with Crippen LogP contribution in [0.3, 0.4) is 0 Å². The molecule has 1 aliphatic rings. The van der Waals surface area contributed by atoms with Crippen LogP contribution < -0.4 is 0 Å². The van der Waals surface area contributed by atoms with Crippen molar-refractivity contribution in [2.45, 2.75) is 30.7 Å². The second-order valence-corrected chi connectivity index (χ2v) is 8.00. The van der Waals surface area contributed by atoms with E-state index in [0.29, 0.717) is 16.7 Å². The van der Waals surface area contributed by atoms with E-state index in [1.165, 1.54) is 0 Å². The van der Waals surface area contributed by atoms with Gasteiger partial charge < -0.3 is 29.2 Å². The Morgan fingerprint density at radius 2 is 1.29 bits per heavy atom. The molecule has 0 spiro atoms. The van der Waals surface area contributed by atoms with E-state index in [1.807, 2.05) is 6.07 Å². The van der Waals surface area contributed by atoms with Gasteiger partial charge in [-0.05, 0) is 24.3 Å². The summed E-state index contributed by atoms with van der Waals surface area (Å²) >= 11 is 0. The number of ether oxygens (including phenoxy) is 4. The first-order valence-corrected chi connectivity index (χ1v) is 11.2. The normalized spacial score (nSPS) is 22.7. The molecule has 5 atom stereocenters. The van der Waals surface area contributed by atoms with Crippen LogP contribution in [0.1, 0.15) is 32.6 Å². The number of aliphatic hydroxyl groups excluding tert-OH is 2. The van der Waals surface area contributed by atoms with E-state index in [0.717, 1.165) is 0 Å². The van der Waals surface area contributed by atoms with Crippen molar-refractivity contribution in [3.63, 3.8) is 0 Å². The zero-order chi connectivity index (χ0) is 24.6. The van der Waals surface area contributed by atoms with Crippen LogP contribution in [0.4, 0.5) is 0 Å². The topological polar surface area (TPSA) is 112 Å². The van der Waals surface area contributed by atoms with Gasteiger partial charge in [0.1, 0.15) is 37.6 Å².